The van der Waals surface area contributed by atoms with Gasteiger partial charge < -0.3 is 10.1 Å². The Morgan fingerprint density at radius 3 is 2.68 bits per heavy atom. The third-order valence-corrected chi connectivity index (χ3v) is 5.51. The molecule has 2 aliphatic rings. The lowest BCUT2D eigenvalue weighted by atomic mass is 10.0. The van der Waals surface area contributed by atoms with Crippen LogP contribution in [0, 0.1) is 17.2 Å². The summed E-state index contributed by atoms with van der Waals surface area (Å²) in [5.41, 5.74) is 7.63. The van der Waals surface area contributed by atoms with Crippen LogP contribution in [0.3, 0.4) is 0 Å². The van der Waals surface area contributed by atoms with Crippen LogP contribution in [0.15, 0.2) is 36.4 Å². The van der Waals surface area contributed by atoms with Crippen molar-refractivity contribution in [3.8, 4) is 11.8 Å². The van der Waals surface area contributed by atoms with E-state index < -0.39 is 11.8 Å². The van der Waals surface area contributed by atoms with Crippen LogP contribution in [0.2, 0.25) is 0 Å². The molecule has 1 saturated heterocycles. The van der Waals surface area contributed by atoms with E-state index in [1.54, 1.807) is 18.2 Å². The summed E-state index contributed by atoms with van der Waals surface area (Å²) in [6.45, 7) is 3.69. The Balaban J connectivity index is 1.45. The van der Waals surface area contributed by atoms with Gasteiger partial charge in [0.25, 0.3) is 11.8 Å². The molecule has 4 rings (SSSR count). The number of hydrogen-bond donors (Lipinski definition) is 3. The molecule has 0 unspecified atom stereocenters. The van der Waals surface area contributed by atoms with E-state index in [1.807, 2.05) is 26.0 Å². The normalized spacial score (nSPS) is 18.6. The summed E-state index contributed by atoms with van der Waals surface area (Å²) in [7, 11) is 0. The number of nitrogens with one attached hydrogen (secondary N) is 3. The quantitative estimate of drug-likeness (QED) is 0.657. The second kappa shape index (κ2) is 8.11. The van der Waals surface area contributed by atoms with Crippen molar-refractivity contribution in [2.24, 2.45) is 5.92 Å². The zero-order chi connectivity index (χ0) is 22.1. The highest BCUT2D eigenvalue weighted by Crippen LogP contribution is 2.42. The molecule has 1 aliphatic heterocycles. The number of hydrazine groups is 1. The monoisotopic (exact) mass is 418 g/mol. The van der Waals surface area contributed by atoms with E-state index in [-0.39, 0.29) is 35.1 Å². The van der Waals surface area contributed by atoms with Crippen molar-refractivity contribution in [1.29, 1.82) is 5.26 Å². The molecule has 0 bridgehead atoms. The lowest BCUT2D eigenvalue weighted by Gasteiger charge is -2.14. The molecule has 2 aromatic carbocycles. The summed E-state index contributed by atoms with van der Waals surface area (Å²) in [4.78, 5) is 36.9. The molecule has 3 N–H and O–H groups in total. The van der Waals surface area contributed by atoms with Crippen LogP contribution in [0.1, 0.15) is 63.7 Å². The highest BCUT2D eigenvalue weighted by Gasteiger charge is 2.41. The van der Waals surface area contributed by atoms with Crippen molar-refractivity contribution in [3.05, 3.63) is 64.2 Å². The molecule has 2 aromatic rings. The Labute approximate surface area is 179 Å². The number of amides is 3. The SMILES string of the molecule is CC(C)Oc1ccc(C(=O)NNC(=O)c2cccc3c2C[C@@H]2CC(=O)N[C@H]32)cc1C#N. The molecule has 3 amide bonds. The lowest BCUT2D eigenvalue weighted by molar-refractivity contribution is -0.119. The van der Waals surface area contributed by atoms with Gasteiger partial charge in [0.05, 0.1) is 17.7 Å². The second-order valence-electron chi connectivity index (χ2n) is 7.98. The average molecular weight is 418 g/mol. The summed E-state index contributed by atoms with van der Waals surface area (Å²) in [6, 6.07) is 11.9. The molecule has 0 aromatic heterocycles. The van der Waals surface area contributed by atoms with Gasteiger partial charge in [-0.25, -0.2) is 0 Å². The van der Waals surface area contributed by atoms with Gasteiger partial charge in [-0.3, -0.25) is 25.2 Å². The van der Waals surface area contributed by atoms with Gasteiger partial charge in [0.2, 0.25) is 5.91 Å². The Bertz CT molecular complexity index is 1120. The predicted molar refractivity (Wildman–Crippen MR) is 111 cm³/mol. The fourth-order valence-corrected chi connectivity index (χ4v) is 4.20. The number of hydrogen-bond acceptors (Lipinski definition) is 5. The summed E-state index contributed by atoms with van der Waals surface area (Å²) in [5, 5.41) is 12.3. The molecule has 1 fully saturated rings. The molecule has 8 nitrogen and oxygen atoms in total. The molecule has 0 spiro atoms. The number of benzene rings is 2. The molecule has 8 heteroatoms. The van der Waals surface area contributed by atoms with Crippen LogP contribution < -0.4 is 20.9 Å². The van der Waals surface area contributed by atoms with Crippen molar-refractivity contribution in [2.45, 2.75) is 38.8 Å². The minimum absolute atomic E-state index is 0.0318. The van der Waals surface area contributed by atoms with Crippen molar-refractivity contribution in [2.75, 3.05) is 0 Å². The Kier molecular flexibility index (Phi) is 5.34. The topological polar surface area (TPSA) is 120 Å². The van der Waals surface area contributed by atoms with Gasteiger partial charge in [-0.15, -0.1) is 0 Å². The minimum Gasteiger partial charge on any atom is -0.490 e. The number of nitrogens with zero attached hydrogens (tertiary/aromatic N) is 1. The molecule has 2 atom stereocenters. The zero-order valence-electron chi connectivity index (χ0n) is 17.2. The molecular weight excluding hydrogens is 396 g/mol. The summed E-state index contributed by atoms with van der Waals surface area (Å²) < 4.78 is 5.56. The fourth-order valence-electron chi connectivity index (χ4n) is 4.20. The zero-order valence-corrected chi connectivity index (χ0v) is 17.2. The van der Waals surface area contributed by atoms with Gasteiger partial charge in [-0.2, -0.15) is 5.26 Å². The van der Waals surface area contributed by atoms with Crippen LogP contribution in [0.5, 0.6) is 5.75 Å². The van der Waals surface area contributed by atoms with Crippen molar-refractivity contribution in [3.63, 3.8) is 0 Å². The maximum atomic E-state index is 12.7. The first-order chi connectivity index (χ1) is 14.9. The lowest BCUT2D eigenvalue weighted by Crippen LogP contribution is -2.42. The number of nitriles is 1. The molecule has 0 radical (unpaired) electrons. The third kappa shape index (κ3) is 3.94. The standard InChI is InChI=1S/C23H22N4O4/c1-12(2)31-19-7-6-13(8-15(19)11-24)22(29)26-27-23(30)17-5-3-4-16-18(17)9-14-10-20(28)25-21(14)16/h3-8,12,14,21H,9-10H2,1-2H3,(H,25,28)(H,26,29)(H,27,30)/t14-,21+/m1/s1. The number of rotatable bonds is 4. The summed E-state index contributed by atoms with van der Waals surface area (Å²) in [6.07, 6.45) is 0.986. The fraction of sp³-hybridized carbons (Fsp3) is 0.304. The molecular formula is C23H22N4O4. The molecule has 1 heterocycles. The minimum atomic E-state index is -0.544. The van der Waals surface area contributed by atoms with Gasteiger partial charge in [0, 0.05) is 17.5 Å². The van der Waals surface area contributed by atoms with Gasteiger partial charge in [-0.1, -0.05) is 12.1 Å². The van der Waals surface area contributed by atoms with Crippen LogP contribution >= 0.6 is 0 Å². The Morgan fingerprint density at radius 2 is 1.94 bits per heavy atom. The van der Waals surface area contributed by atoms with Crippen molar-refractivity contribution >= 4 is 17.7 Å². The molecule has 31 heavy (non-hydrogen) atoms. The maximum Gasteiger partial charge on any atom is 0.269 e. The van der Waals surface area contributed by atoms with Gasteiger partial charge in [0.15, 0.2) is 0 Å². The van der Waals surface area contributed by atoms with Crippen molar-refractivity contribution < 1.29 is 19.1 Å². The van der Waals surface area contributed by atoms with Crippen LogP contribution in [-0.4, -0.2) is 23.8 Å². The highest BCUT2D eigenvalue weighted by atomic mass is 16.5. The number of carbonyl (C=O) groups is 3. The van der Waals surface area contributed by atoms with Crippen LogP contribution in [0.4, 0.5) is 0 Å². The first-order valence-corrected chi connectivity index (χ1v) is 10.1. The van der Waals surface area contributed by atoms with Gasteiger partial charge in [0.1, 0.15) is 11.8 Å². The van der Waals surface area contributed by atoms with E-state index in [0.717, 1.165) is 11.1 Å². The average Bonchev–Trinajstić information content (AvgIpc) is 3.27. The smallest absolute Gasteiger partial charge is 0.269 e. The van der Waals surface area contributed by atoms with Crippen molar-refractivity contribution in [1.82, 2.24) is 16.2 Å². The Morgan fingerprint density at radius 1 is 1.16 bits per heavy atom. The van der Waals surface area contributed by atoms with Crippen LogP contribution in [0.25, 0.3) is 0 Å². The number of fused-ring (bicyclic) bond motifs is 3. The van der Waals surface area contributed by atoms with E-state index in [1.165, 1.54) is 12.1 Å². The number of ether oxygens (including phenoxy) is 1. The molecule has 158 valence electrons. The summed E-state index contributed by atoms with van der Waals surface area (Å²) in [5.74, 6) is -0.392. The maximum absolute atomic E-state index is 12.7. The van der Waals surface area contributed by atoms with E-state index in [4.69, 9.17) is 4.74 Å². The van der Waals surface area contributed by atoms with E-state index in [2.05, 4.69) is 16.2 Å². The van der Waals surface area contributed by atoms with E-state index in [0.29, 0.717) is 24.2 Å². The van der Waals surface area contributed by atoms with E-state index in [9.17, 15) is 19.6 Å². The van der Waals surface area contributed by atoms with Gasteiger partial charge in [-0.05, 0) is 61.6 Å². The summed E-state index contributed by atoms with van der Waals surface area (Å²) >= 11 is 0. The number of carbonyl (C=O) groups excluding carboxylic acids is 3. The van der Waals surface area contributed by atoms with Crippen LogP contribution in [-0.2, 0) is 11.2 Å². The highest BCUT2D eigenvalue weighted by molar-refractivity contribution is 6.00. The molecule has 0 saturated carbocycles. The Hall–Kier alpha value is -3.86. The third-order valence-electron chi connectivity index (χ3n) is 5.51. The van der Waals surface area contributed by atoms with Gasteiger partial charge >= 0.3 is 0 Å². The molecule has 1 aliphatic carbocycles. The van der Waals surface area contributed by atoms with E-state index >= 15 is 0 Å². The first-order valence-electron chi connectivity index (χ1n) is 10.1. The second-order valence-corrected chi connectivity index (χ2v) is 7.98. The predicted octanol–water partition coefficient (Wildman–Crippen LogP) is 2.15. The first kappa shape index (κ1) is 20.4. The largest absolute Gasteiger partial charge is 0.490 e.